The molecule has 0 aliphatic carbocycles. The summed E-state index contributed by atoms with van der Waals surface area (Å²) >= 11 is 0. The van der Waals surface area contributed by atoms with E-state index in [0.29, 0.717) is 11.1 Å². The summed E-state index contributed by atoms with van der Waals surface area (Å²) in [6, 6.07) is 17.3. The molecule has 0 fully saturated rings. The van der Waals surface area contributed by atoms with Crippen molar-refractivity contribution in [1.82, 2.24) is 4.90 Å². The van der Waals surface area contributed by atoms with E-state index < -0.39 is 17.2 Å². The molecule has 2 aromatic carbocycles. The van der Waals surface area contributed by atoms with Gasteiger partial charge in [0.15, 0.2) is 0 Å². The summed E-state index contributed by atoms with van der Waals surface area (Å²) in [5.74, 6) is -1.12. The van der Waals surface area contributed by atoms with Crippen LogP contribution < -0.4 is 0 Å². The molecule has 3 rings (SSSR count). The number of ketones is 2. The van der Waals surface area contributed by atoms with Gasteiger partial charge in [0.25, 0.3) is 5.91 Å². The molecule has 0 unspecified atom stereocenters. The molecule has 4 nitrogen and oxygen atoms in total. The largest absolute Gasteiger partial charge is 0.298 e. The topological polar surface area (TPSA) is 54.5 Å². The zero-order valence-corrected chi connectivity index (χ0v) is 14.4. The number of hydrogen-bond donors (Lipinski definition) is 0. The van der Waals surface area contributed by atoms with Crippen molar-refractivity contribution in [3.8, 4) is 0 Å². The van der Waals surface area contributed by atoms with E-state index in [2.05, 4.69) is 0 Å². The molecule has 0 saturated heterocycles. The predicted molar refractivity (Wildman–Crippen MR) is 95.2 cm³/mol. The highest BCUT2D eigenvalue weighted by Gasteiger charge is 2.48. The average Bonchev–Trinajstić information content (AvgIpc) is 2.59. The number of allylic oxidation sites excluding steroid dienone is 1. The van der Waals surface area contributed by atoms with Gasteiger partial charge >= 0.3 is 0 Å². The number of benzene rings is 2. The van der Waals surface area contributed by atoms with Crippen molar-refractivity contribution in [2.75, 3.05) is 0 Å². The van der Waals surface area contributed by atoms with E-state index in [1.165, 1.54) is 4.90 Å². The molecule has 1 heterocycles. The van der Waals surface area contributed by atoms with E-state index in [-0.39, 0.29) is 17.1 Å². The van der Waals surface area contributed by atoms with Crippen LogP contribution in [0.5, 0.6) is 0 Å². The highest BCUT2D eigenvalue weighted by molar-refractivity contribution is 6.36. The lowest BCUT2D eigenvalue weighted by Gasteiger charge is -2.44. The predicted octanol–water partition coefficient (Wildman–Crippen LogP) is 3.65. The Morgan fingerprint density at radius 1 is 0.760 bits per heavy atom. The van der Waals surface area contributed by atoms with Crippen LogP contribution >= 0.6 is 0 Å². The first kappa shape index (κ1) is 16.8. The number of nitrogens with zero attached hydrogens (tertiary/aromatic N) is 1. The van der Waals surface area contributed by atoms with Crippen LogP contribution in [0.15, 0.2) is 71.9 Å². The van der Waals surface area contributed by atoms with E-state index in [4.69, 9.17) is 0 Å². The number of carbonyl (C=O) groups is 3. The van der Waals surface area contributed by atoms with Gasteiger partial charge in [-0.15, -0.1) is 0 Å². The Bertz CT molecular complexity index is 874. The fourth-order valence-corrected chi connectivity index (χ4v) is 2.89. The van der Waals surface area contributed by atoms with Crippen LogP contribution in [0.1, 0.15) is 41.5 Å². The molecular weight excluding hydrogens is 314 g/mol. The second kappa shape index (κ2) is 6.13. The maximum atomic E-state index is 13.0. The standard InChI is InChI=1S/C21H19NO3/c1-21(2,3)22-17(19(24)15-12-8-5-9-13-15)16(20(22)25)18(23)14-10-6-4-7-11-14/h4-13H,1-3H3. The van der Waals surface area contributed by atoms with Crippen molar-refractivity contribution in [3.63, 3.8) is 0 Å². The van der Waals surface area contributed by atoms with Crippen molar-refractivity contribution in [1.29, 1.82) is 0 Å². The van der Waals surface area contributed by atoms with Gasteiger partial charge in [-0.1, -0.05) is 60.7 Å². The first-order chi connectivity index (χ1) is 11.8. The van der Waals surface area contributed by atoms with Gasteiger partial charge in [-0.25, -0.2) is 0 Å². The lowest BCUT2D eigenvalue weighted by atomic mass is 9.86. The number of amides is 1. The first-order valence-corrected chi connectivity index (χ1v) is 8.10. The molecule has 1 aliphatic heterocycles. The van der Waals surface area contributed by atoms with Gasteiger partial charge in [0.2, 0.25) is 11.6 Å². The van der Waals surface area contributed by atoms with E-state index in [1.54, 1.807) is 54.6 Å². The molecule has 0 N–H and O–H groups in total. The molecule has 1 amide bonds. The fourth-order valence-electron chi connectivity index (χ4n) is 2.89. The van der Waals surface area contributed by atoms with Crippen LogP contribution in [0.3, 0.4) is 0 Å². The molecule has 0 saturated carbocycles. The molecule has 0 bridgehead atoms. The van der Waals surface area contributed by atoms with Gasteiger partial charge in [0.1, 0.15) is 11.3 Å². The minimum atomic E-state index is -0.586. The normalized spacial score (nSPS) is 14.4. The smallest absolute Gasteiger partial charge is 0.265 e. The Balaban J connectivity index is 2.12. The maximum Gasteiger partial charge on any atom is 0.265 e. The summed E-state index contributed by atoms with van der Waals surface area (Å²) < 4.78 is 0. The number of carbonyl (C=O) groups excluding carboxylic acids is 3. The van der Waals surface area contributed by atoms with Crippen LogP contribution in [0.25, 0.3) is 0 Å². The third-order valence-electron chi connectivity index (χ3n) is 4.06. The molecule has 0 radical (unpaired) electrons. The Morgan fingerprint density at radius 2 is 1.20 bits per heavy atom. The molecule has 1 aliphatic rings. The maximum absolute atomic E-state index is 13.0. The minimum Gasteiger partial charge on any atom is -0.298 e. The summed E-state index contributed by atoms with van der Waals surface area (Å²) in [4.78, 5) is 39.8. The Labute approximate surface area is 146 Å². The van der Waals surface area contributed by atoms with Crippen LogP contribution in [-0.2, 0) is 4.79 Å². The molecule has 126 valence electrons. The Kier molecular flexibility index (Phi) is 4.13. The SMILES string of the molecule is CC(C)(C)N1C(=O)C(C(=O)c2ccccc2)=C1C(=O)c1ccccc1. The van der Waals surface area contributed by atoms with Crippen LogP contribution in [0.4, 0.5) is 0 Å². The molecule has 25 heavy (non-hydrogen) atoms. The lowest BCUT2D eigenvalue weighted by molar-refractivity contribution is -0.132. The van der Waals surface area contributed by atoms with Gasteiger partial charge < -0.3 is 0 Å². The zero-order valence-electron chi connectivity index (χ0n) is 14.4. The summed E-state index contributed by atoms with van der Waals surface area (Å²) in [6.45, 7) is 5.52. The van der Waals surface area contributed by atoms with Crippen molar-refractivity contribution < 1.29 is 14.4 Å². The Hall–Kier alpha value is -3.01. The summed E-state index contributed by atoms with van der Waals surface area (Å²) in [7, 11) is 0. The van der Waals surface area contributed by atoms with Crippen molar-refractivity contribution >= 4 is 17.5 Å². The van der Waals surface area contributed by atoms with Gasteiger partial charge in [-0.3, -0.25) is 19.3 Å². The van der Waals surface area contributed by atoms with Crippen LogP contribution in [0, 0.1) is 0 Å². The Morgan fingerprint density at radius 3 is 1.64 bits per heavy atom. The molecule has 4 heteroatoms. The van der Waals surface area contributed by atoms with E-state index >= 15 is 0 Å². The van der Waals surface area contributed by atoms with Crippen molar-refractivity contribution in [3.05, 3.63) is 83.1 Å². The van der Waals surface area contributed by atoms with Crippen molar-refractivity contribution in [2.24, 2.45) is 0 Å². The van der Waals surface area contributed by atoms with E-state index in [1.807, 2.05) is 26.8 Å². The second-order valence-electron chi connectivity index (χ2n) is 6.93. The van der Waals surface area contributed by atoms with E-state index in [9.17, 15) is 14.4 Å². The first-order valence-electron chi connectivity index (χ1n) is 8.10. The third-order valence-corrected chi connectivity index (χ3v) is 4.06. The molecule has 0 spiro atoms. The fraction of sp³-hybridized carbons (Fsp3) is 0.190. The highest BCUT2D eigenvalue weighted by atomic mass is 16.2. The van der Waals surface area contributed by atoms with Gasteiger partial charge in [-0.2, -0.15) is 0 Å². The summed E-state index contributed by atoms with van der Waals surface area (Å²) in [5, 5.41) is 0. The van der Waals surface area contributed by atoms with Crippen LogP contribution in [-0.4, -0.2) is 27.9 Å². The lowest BCUT2D eigenvalue weighted by Crippen LogP contribution is -2.56. The van der Waals surface area contributed by atoms with Gasteiger partial charge in [-0.05, 0) is 20.8 Å². The quantitative estimate of drug-likeness (QED) is 0.634. The van der Waals surface area contributed by atoms with Crippen molar-refractivity contribution in [2.45, 2.75) is 26.3 Å². The number of Topliss-reactive ketones (excluding diaryl/α,β-unsaturated/α-hetero) is 2. The number of rotatable bonds is 4. The average molecular weight is 333 g/mol. The number of hydrogen-bond acceptors (Lipinski definition) is 3. The molecular formula is C21H19NO3. The summed E-state index contributed by atoms with van der Waals surface area (Å²) in [5.41, 5.74) is 0.417. The van der Waals surface area contributed by atoms with E-state index in [0.717, 1.165) is 0 Å². The molecule has 0 atom stereocenters. The molecule has 0 aromatic heterocycles. The van der Waals surface area contributed by atoms with Crippen LogP contribution in [0.2, 0.25) is 0 Å². The van der Waals surface area contributed by atoms with Gasteiger partial charge in [0, 0.05) is 16.7 Å². The second-order valence-corrected chi connectivity index (χ2v) is 6.93. The van der Waals surface area contributed by atoms with Gasteiger partial charge in [0.05, 0.1) is 0 Å². The minimum absolute atomic E-state index is 0.0324. The zero-order chi connectivity index (χ0) is 18.2. The molecule has 2 aromatic rings. The highest BCUT2D eigenvalue weighted by Crippen LogP contribution is 2.36. The summed E-state index contributed by atoms with van der Waals surface area (Å²) in [6.07, 6.45) is 0. The third kappa shape index (κ3) is 2.91. The monoisotopic (exact) mass is 333 g/mol.